The summed E-state index contributed by atoms with van der Waals surface area (Å²) in [6, 6.07) is 12.6. The number of hydrogen-bond acceptors (Lipinski definition) is 5. The second kappa shape index (κ2) is 10.5. The van der Waals surface area contributed by atoms with Crippen molar-refractivity contribution in [3.63, 3.8) is 0 Å². The van der Waals surface area contributed by atoms with E-state index in [4.69, 9.17) is 27.9 Å². The van der Waals surface area contributed by atoms with E-state index >= 15 is 4.39 Å². The Bertz CT molecular complexity index is 1490. The van der Waals surface area contributed by atoms with Crippen LogP contribution in [0.25, 0.3) is 22.2 Å². The van der Waals surface area contributed by atoms with Crippen LogP contribution in [-0.4, -0.2) is 35.6 Å². The van der Waals surface area contributed by atoms with Gasteiger partial charge in [0.2, 0.25) is 0 Å². The Labute approximate surface area is 224 Å². The highest BCUT2D eigenvalue weighted by Gasteiger charge is 2.28. The summed E-state index contributed by atoms with van der Waals surface area (Å²) in [6.07, 6.45) is 3.25. The van der Waals surface area contributed by atoms with Crippen LogP contribution in [-0.2, 0) is 0 Å². The first-order chi connectivity index (χ1) is 17.9. The van der Waals surface area contributed by atoms with E-state index in [0.29, 0.717) is 58.6 Å². The lowest BCUT2D eigenvalue weighted by molar-refractivity contribution is 0.0925. The zero-order valence-electron chi connectivity index (χ0n) is 20.4. The molecule has 0 fully saturated rings. The topological polar surface area (TPSA) is 67.4 Å². The number of aromatic nitrogens is 2. The van der Waals surface area contributed by atoms with Crippen LogP contribution in [0, 0.1) is 5.82 Å². The molecule has 3 heterocycles. The lowest BCUT2D eigenvalue weighted by Gasteiger charge is -2.29. The van der Waals surface area contributed by atoms with Crippen molar-refractivity contribution in [1.29, 1.82) is 0 Å². The number of carbonyl (C=O) groups excluding carboxylic acids is 1. The first-order valence-electron chi connectivity index (χ1n) is 12.1. The second-order valence-corrected chi connectivity index (χ2v) is 9.46. The zero-order valence-corrected chi connectivity index (χ0v) is 21.9. The number of nitrogens with one attached hydrogen (secondary N) is 1. The molecule has 1 aliphatic rings. The van der Waals surface area contributed by atoms with Crippen molar-refractivity contribution >= 4 is 45.7 Å². The first-order valence-corrected chi connectivity index (χ1v) is 12.9. The van der Waals surface area contributed by atoms with E-state index in [1.165, 1.54) is 6.20 Å². The lowest BCUT2D eigenvalue weighted by Crippen LogP contribution is -2.34. The lowest BCUT2D eigenvalue weighted by atomic mass is 9.99. The molecule has 5 rings (SSSR count). The van der Waals surface area contributed by atoms with Crippen LogP contribution in [0.2, 0.25) is 10.0 Å². The molecule has 2 aromatic heterocycles. The highest BCUT2D eigenvalue weighted by molar-refractivity contribution is 6.43. The molecule has 4 aromatic rings. The van der Waals surface area contributed by atoms with E-state index < -0.39 is 5.82 Å². The van der Waals surface area contributed by atoms with Crippen LogP contribution in [0.15, 0.2) is 54.9 Å². The summed E-state index contributed by atoms with van der Waals surface area (Å²) in [6.45, 7) is 5.53. The van der Waals surface area contributed by atoms with Crippen LogP contribution in [0.4, 0.5) is 10.1 Å². The predicted molar refractivity (Wildman–Crippen MR) is 145 cm³/mol. The van der Waals surface area contributed by atoms with E-state index in [1.807, 2.05) is 43.0 Å². The molecule has 0 saturated heterocycles. The van der Waals surface area contributed by atoms with Gasteiger partial charge in [0, 0.05) is 36.8 Å². The van der Waals surface area contributed by atoms with Gasteiger partial charge in [-0.15, -0.1) is 0 Å². The minimum atomic E-state index is -0.572. The third-order valence-corrected chi connectivity index (χ3v) is 7.44. The fraction of sp³-hybridized carbons (Fsp3) is 0.250. The fourth-order valence-corrected chi connectivity index (χ4v) is 5.19. The van der Waals surface area contributed by atoms with Gasteiger partial charge in [0.15, 0.2) is 5.82 Å². The number of hydrogen-bond donors (Lipinski definition) is 1. The molecular formula is C28H25Cl2FN4O2. The number of benzene rings is 2. The third kappa shape index (κ3) is 4.58. The Morgan fingerprint density at radius 2 is 1.89 bits per heavy atom. The van der Waals surface area contributed by atoms with Gasteiger partial charge in [-0.05, 0) is 26.0 Å². The van der Waals surface area contributed by atoms with E-state index in [9.17, 15) is 4.79 Å². The van der Waals surface area contributed by atoms with Crippen molar-refractivity contribution in [1.82, 2.24) is 15.3 Å². The number of halogens is 3. The average molecular weight is 539 g/mol. The monoisotopic (exact) mass is 538 g/mol. The molecule has 6 nitrogen and oxygen atoms in total. The Morgan fingerprint density at radius 1 is 1.11 bits per heavy atom. The molecule has 0 unspecified atom stereocenters. The highest BCUT2D eigenvalue weighted by atomic mass is 35.5. The fourth-order valence-electron chi connectivity index (χ4n) is 4.80. The summed E-state index contributed by atoms with van der Waals surface area (Å²) in [7, 11) is 0. The largest absolute Gasteiger partial charge is 0.493 e. The number of carbonyl (C=O) groups is 1. The summed E-state index contributed by atoms with van der Waals surface area (Å²) in [5.41, 5.74) is 2.89. The van der Waals surface area contributed by atoms with Crippen LogP contribution in [0.5, 0.6) is 5.75 Å². The van der Waals surface area contributed by atoms with Crippen molar-refractivity contribution in [2.45, 2.75) is 26.3 Å². The predicted octanol–water partition coefficient (Wildman–Crippen LogP) is 6.84. The van der Waals surface area contributed by atoms with Crippen molar-refractivity contribution in [2.75, 3.05) is 24.6 Å². The molecule has 9 heteroatoms. The first kappa shape index (κ1) is 25.2. The van der Waals surface area contributed by atoms with E-state index in [-0.39, 0.29) is 22.9 Å². The third-order valence-electron chi connectivity index (χ3n) is 6.62. The van der Waals surface area contributed by atoms with Crippen LogP contribution in [0.3, 0.4) is 0 Å². The van der Waals surface area contributed by atoms with Gasteiger partial charge in [0.1, 0.15) is 11.3 Å². The molecule has 37 heavy (non-hydrogen) atoms. The number of anilines is 1. The molecule has 0 aliphatic carbocycles. The van der Waals surface area contributed by atoms with E-state index in [2.05, 4.69) is 15.3 Å². The highest BCUT2D eigenvalue weighted by Crippen LogP contribution is 2.40. The van der Waals surface area contributed by atoms with E-state index in [1.54, 1.807) is 18.2 Å². The van der Waals surface area contributed by atoms with Crippen LogP contribution < -0.4 is 15.0 Å². The molecule has 1 N–H and O–H groups in total. The molecular weight excluding hydrogens is 514 g/mol. The SMILES string of the molecule is CCN(CC)c1c(C(=O)N[C@H]2CCOc3ccccc32)cnc2c(-c3cccc(Cl)c3Cl)ncc(F)c12. The Morgan fingerprint density at radius 3 is 2.68 bits per heavy atom. The number of pyridine rings is 2. The van der Waals surface area contributed by atoms with Gasteiger partial charge in [-0.2, -0.15) is 0 Å². The number of fused-ring (bicyclic) bond motifs is 2. The summed E-state index contributed by atoms with van der Waals surface area (Å²) in [5.74, 6) is -0.159. The molecule has 0 radical (unpaired) electrons. The minimum absolute atomic E-state index is 0.213. The Hall–Kier alpha value is -3.42. The summed E-state index contributed by atoms with van der Waals surface area (Å²) >= 11 is 12.7. The number of para-hydroxylation sites is 1. The van der Waals surface area contributed by atoms with Gasteiger partial charge in [0.05, 0.1) is 51.2 Å². The second-order valence-electron chi connectivity index (χ2n) is 8.67. The molecule has 0 bridgehead atoms. The Balaban J connectivity index is 1.66. The van der Waals surface area contributed by atoms with Crippen LogP contribution in [0.1, 0.15) is 42.2 Å². The molecule has 0 saturated carbocycles. The van der Waals surface area contributed by atoms with Crippen molar-refractivity contribution in [2.24, 2.45) is 0 Å². The molecule has 1 atom stereocenters. The maximum Gasteiger partial charge on any atom is 0.255 e. The molecule has 190 valence electrons. The van der Waals surface area contributed by atoms with Crippen molar-refractivity contribution in [3.05, 3.63) is 81.8 Å². The summed E-state index contributed by atoms with van der Waals surface area (Å²) in [4.78, 5) is 24.5. The van der Waals surface area contributed by atoms with Gasteiger partial charge in [-0.3, -0.25) is 14.8 Å². The number of ether oxygens (including phenoxy) is 1. The Kier molecular flexibility index (Phi) is 7.17. The van der Waals surface area contributed by atoms with Gasteiger partial charge in [-0.1, -0.05) is 53.5 Å². The summed E-state index contributed by atoms with van der Waals surface area (Å²) < 4.78 is 21.3. The van der Waals surface area contributed by atoms with Crippen LogP contribution >= 0.6 is 23.2 Å². The molecule has 1 aliphatic heterocycles. The van der Waals surface area contributed by atoms with E-state index in [0.717, 1.165) is 17.5 Å². The average Bonchev–Trinajstić information content (AvgIpc) is 2.91. The smallest absolute Gasteiger partial charge is 0.255 e. The molecule has 2 aromatic carbocycles. The maximum atomic E-state index is 15.5. The van der Waals surface area contributed by atoms with Crippen molar-refractivity contribution in [3.8, 4) is 17.0 Å². The number of nitrogens with zero attached hydrogens (tertiary/aromatic N) is 3. The maximum absolute atomic E-state index is 15.5. The van der Waals surface area contributed by atoms with Gasteiger partial charge >= 0.3 is 0 Å². The minimum Gasteiger partial charge on any atom is -0.493 e. The normalized spacial score (nSPS) is 14.7. The number of rotatable bonds is 6. The van der Waals surface area contributed by atoms with Gasteiger partial charge in [0.25, 0.3) is 5.91 Å². The van der Waals surface area contributed by atoms with Gasteiger partial charge < -0.3 is 15.0 Å². The van der Waals surface area contributed by atoms with Gasteiger partial charge in [-0.25, -0.2) is 4.39 Å². The molecule has 1 amide bonds. The zero-order chi connectivity index (χ0) is 26.1. The number of amides is 1. The quantitative estimate of drug-likeness (QED) is 0.291. The van der Waals surface area contributed by atoms with Crippen molar-refractivity contribution < 1.29 is 13.9 Å². The standard InChI is InChI=1S/C28H25Cl2FN4O2/c1-3-35(4-2)27-18(28(36)34-21-12-13-37-22-11-6-5-8-16(21)22)14-32-26-23(27)20(31)15-33-25(26)17-9-7-10-19(29)24(17)30/h5-11,14-15,21H,3-4,12-13H2,1-2H3,(H,34,36)/t21-/m0/s1. The molecule has 0 spiro atoms. The summed E-state index contributed by atoms with van der Waals surface area (Å²) in [5, 5.41) is 3.99.